The number of carbonyl (C=O) groups is 2. The van der Waals surface area contributed by atoms with Crippen LogP contribution < -0.4 is 15.0 Å². The average Bonchev–Trinajstić information content (AvgIpc) is 3.22. The number of para-hydroxylation sites is 1. The molecule has 0 saturated heterocycles. The van der Waals surface area contributed by atoms with Crippen molar-refractivity contribution in [2.24, 2.45) is 0 Å². The van der Waals surface area contributed by atoms with Crippen molar-refractivity contribution in [3.8, 4) is 5.75 Å². The molecule has 0 aliphatic rings. The standard InChI is InChI=1S/C23H18F3N5O3/c1-15(32)31(19-8-11-30-18(14-19)7-10-28-30)21-13-17(6-9-27-21)29-22(33)12-16-4-2-3-5-20(16)34-23(24,25)26/h2-11,13-14H,12H2,1H3,(H,27,29,33). The number of alkyl halides is 3. The summed E-state index contributed by atoms with van der Waals surface area (Å²) in [5.74, 6) is -1.06. The molecule has 0 bridgehead atoms. The van der Waals surface area contributed by atoms with Crippen LogP contribution in [-0.2, 0) is 16.0 Å². The number of halogens is 3. The van der Waals surface area contributed by atoms with Gasteiger partial charge in [0.15, 0.2) is 0 Å². The Morgan fingerprint density at radius 2 is 1.88 bits per heavy atom. The number of nitrogens with one attached hydrogen (secondary N) is 1. The minimum atomic E-state index is -4.87. The highest BCUT2D eigenvalue weighted by Gasteiger charge is 2.32. The van der Waals surface area contributed by atoms with Crippen LogP contribution in [0.2, 0.25) is 0 Å². The van der Waals surface area contributed by atoms with Gasteiger partial charge in [0, 0.05) is 42.8 Å². The highest BCUT2D eigenvalue weighted by Crippen LogP contribution is 2.28. The van der Waals surface area contributed by atoms with Gasteiger partial charge in [-0.3, -0.25) is 14.5 Å². The second-order valence-electron chi connectivity index (χ2n) is 7.22. The van der Waals surface area contributed by atoms with Crippen LogP contribution in [0.15, 0.2) is 73.2 Å². The van der Waals surface area contributed by atoms with Gasteiger partial charge in [-0.25, -0.2) is 9.50 Å². The Morgan fingerprint density at radius 3 is 2.65 bits per heavy atom. The summed E-state index contributed by atoms with van der Waals surface area (Å²) < 4.78 is 43.5. The molecule has 0 aliphatic carbocycles. The molecule has 0 aliphatic heterocycles. The molecule has 11 heteroatoms. The van der Waals surface area contributed by atoms with Crippen molar-refractivity contribution in [1.82, 2.24) is 14.6 Å². The third-order valence-electron chi connectivity index (χ3n) is 4.76. The molecule has 0 fully saturated rings. The molecule has 34 heavy (non-hydrogen) atoms. The van der Waals surface area contributed by atoms with Crippen molar-refractivity contribution in [3.63, 3.8) is 0 Å². The van der Waals surface area contributed by atoms with Crippen LogP contribution in [-0.4, -0.2) is 32.8 Å². The zero-order valence-corrected chi connectivity index (χ0v) is 17.8. The van der Waals surface area contributed by atoms with Gasteiger partial charge >= 0.3 is 6.36 Å². The zero-order valence-electron chi connectivity index (χ0n) is 17.8. The third kappa shape index (κ3) is 5.31. The van der Waals surface area contributed by atoms with Crippen LogP contribution in [0.1, 0.15) is 12.5 Å². The molecular weight excluding hydrogens is 451 g/mol. The Hall–Kier alpha value is -4.41. The number of hydrogen-bond acceptors (Lipinski definition) is 5. The number of amides is 2. The van der Waals surface area contributed by atoms with Crippen molar-refractivity contribution in [2.45, 2.75) is 19.7 Å². The summed E-state index contributed by atoms with van der Waals surface area (Å²) in [6, 6.07) is 13.7. The van der Waals surface area contributed by atoms with Crippen LogP contribution in [0.3, 0.4) is 0 Å². The minimum absolute atomic E-state index is 0.0751. The van der Waals surface area contributed by atoms with E-state index >= 15 is 0 Å². The van der Waals surface area contributed by atoms with Crippen LogP contribution >= 0.6 is 0 Å². The number of pyridine rings is 2. The van der Waals surface area contributed by atoms with Crippen LogP contribution in [0, 0.1) is 0 Å². The Bertz CT molecular complexity index is 1350. The summed E-state index contributed by atoms with van der Waals surface area (Å²) >= 11 is 0. The SMILES string of the molecule is CC(=O)N(c1ccn2nccc2c1)c1cc(NC(=O)Cc2ccccc2OC(F)(F)F)ccn1. The minimum Gasteiger partial charge on any atom is -0.405 e. The first kappa shape index (κ1) is 22.8. The topological polar surface area (TPSA) is 88.8 Å². The number of benzene rings is 1. The van der Waals surface area contributed by atoms with Crippen molar-refractivity contribution in [3.05, 3.63) is 78.8 Å². The number of ether oxygens (including phenoxy) is 1. The Balaban J connectivity index is 1.54. The quantitative estimate of drug-likeness (QED) is 0.450. The fourth-order valence-corrected chi connectivity index (χ4v) is 3.40. The van der Waals surface area contributed by atoms with Crippen LogP contribution in [0.25, 0.3) is 5.52 Å². The number of aromatic nitrogens is 3. The van der Waals surface area contributed by atoms with Gasteiger partial charge in [0.1, 0.15) is 11.6 Å². The first-order chi connectivity index (χ1) is 16.2. The van der Waals surface area contributed by atoms with E-state index in [1.54, 1.807) is 35.1 Å². The average molecular weight is 469 g/mol. The third-order valence-corrected chi connectivity index (χ3v) is 4.76. The lowest BCUT2D eigenvalue weighted by atomic mass is 10.1. The zero-order chi connectivity index (χ0) is 24.3. The van der Waals surface area contributed by atoms with Gasteiger partial charge in [0.2, 0.25) is 11.8 Å². The van der Waals surface area contributed by atoms with Crippen molar-refractivity contribution in [2.75, 3.05) is 10.2 Å². The first-order valence-corrected chi connectivity index (χ1v) is 10.0. The summed E-state index contributed by atoms with van der Waals surface area (Å²) in [5, 5.41) is 6.75. The van der Waals surface area contributed by atoms with Gasteiger partial charge in [-0.1, -0.05) is 18.2 Å². The predicted octanol–water partition coefficient (Wildman–Crippen LogP) is 4.49. The molecule has 0 unspecified atom stereocenters. The van der Waals surface area contributed by atoms with Gasteiger partial charge in [-0.05, 0) is 30.3 Å². The van der Waals surface area contributed by atoms with Gasteiger partial charge in [0.05, 0.1) is 17.6 Å². The summed E-state index contributed by atoms with van der Waals surface area (Å²) in [6.07, 6.45) is -0.476. The maximum absolute atomic E-state index is 12.6. The summed E-state index contributed by atoms with van der Waals surface area (Å²) in [7, 11) is 0. The Labute approximate surface area is 191 Å². The maximum Gasteiger partial charge on any atom is 0.573 e. The molecule has 0 spiro atoms. The van der Waals surface area contributed by atoms with E-state index < -0.39 is 18.0 Å². The molecule has 2 amide bonds. The van der Waals surface area contributed by atoms with E-state index in [9.17, 15) is 22.8 Å². The molecule has 0 radical (unpaired) electrons. The van der Waals surface area contributed by atoms with E-state index in [0.29, 0.717) is 11.4 Å². The Kier molecular flexibility index (Phi) is 6.17. The molecule has 4 aromatic rings. The highest BCUT2D eigenvalue weighted by atomic mass is 19.4. The molecule has 3 aromatic heterocycles. The van der Waals surface area contributed by atoms with Gasteiger partial charge < -0.3 is 10.1 Å². The maximum atomic E-state index is 12.6. The van der Waals surface area contributed by atoms with Crippen LogP contribution in [0.5, 0.6) is 5.75 Å². The number of fused-ring (bicyclic) bond motifs is 1. The van der Waals surface area contributed by atoms with Gasteiger partial charge in [-0.2, -0.15) is 5.10 Å². The number of anilines is 3. The van der Waals surface area contributed by atoms with E-state index in [1.165, 1.54) is 48.4 Å². The summed E-state index contributed by atoms with van der Waals surface area (Å²) in [5.41, 5.74) is 1.72. The van der Waals surface area contributed by atoms with E-state index in [1.807, 2.05) is 0 Å². The second-order valence-corrected chi connectivity index (χ2v) is 7.22. The molecule has 174 valence electrons. The van der Waals surface area contributed by atoms with Gasteiger partial charge in [0.25, 0.3) is 0 Å². The molecule has 0 saturated carbocycles. The lowest BCUT2D eigenvalue weighted by Gasteiger charge is -2.21. The number of hydrogen-bond donors (Lipinski definition) is 1. The molecule has 4 rings (SSSR count). The largest absolute Gasteiger partial charge is 0.573 e. The second kappa shape index (κ2) is 9.22. The van der Waals surface area contributed by atoms with E-state index in [4.69, 9.17) is 0 Å². The van der Waals surface area contributed by atoms with E-state index in [2.05, 4.69) is 20.1 Å². The number of carbonyl (C=O) groups excluding carboxylic acids is 2. The molecular formula is C23H18F3N5O3. The smallest absolute Gasteiger partial charge is 0.405 e. The number of rotatable bonds is 6. The molecule has 1 aromatic carbocycles. The molecule has 1 N–H and O–H groups in total. The summed E-state index contributed by atoms with van der Waals surface area (Å²) in [4.78, 5) is 30.6. The lowest BCUT2D eigenvalue weighted by Crippen LogP contribution is -2.24. The normalized spacial score (nSPS) is 11.3. The van der Waals surface area contributed by atoms with E-state index in [-0.39, 0.29) is 23.7 Å². The summed E-state index contributed by atoms with van der Waals surface area (Å²) in [6.45, 7) is 1.38. The highest BCUT2D eigenvalue weighted by molar-refractivity contribution is 5.99. The van der Waals surface area contributed by atoms with Crippen molar-refractivity contribution >= 4 is 34.5 Å². The fourth-order valence-electron chi connectivity index (χ4n) is 3.40. The van der Waals surface area contributed by atoms with E-state index in [0.717, 1.165) is 11.6 Å². The Morgan fingerprint density at radius 1 is 1.09 bits per heavy atom. The van der Waals surface area contributed by atoms with Gasteiger partial charge in [-0.15, -0.1) is 13.2 Å². The monoisotopic (exact) mass is 469 g/mol. The molecule has 0 atom stereocenters. The first-order valence-electron chi connectivity index (χ1n) is 10.0. The van der Waals surface area contributed by atoms with Crippen LogP contribution in [0.4, 0.5) is 30.4 Å². The number of nitrogens with zero attached hydrogens (tertiary/aromatic N) is 4. The predicted molar refractivity (Wildman–Crippen MR) is 118 cm³/mol. The van der Waals surface area contributed by atoms with Crippen molar-refractivity contribution < 1.29 is 27.5 Å². The fraction of sp³-hybridized carbons (Fsp3) is 0.130. The lowest BCUT2D eigenvalue weighted by molar-refractivity contribution is -0.274. The van der Waals surface area contributed by atoms with Crippen molar-refractivity contribution in [1.29, 1.82) is 0 Å². The molecule has 8 nitrogen and oxygen atoms in total. The molecule has 3 heterocycles.